The molecule has 0 atom stereocenters. The zero-order valence-corrected chi connectivity index (χ0v) is 14.0. The van der Waals surface area contributed by atoms with Crippen LogP contribution in [0.25, 0.3) is 5.65 Å². The standard InChI is InChI=1S/C19H19FN4O/c1-14-13-24-8-2-3-17(18(24)21-14)19(25)23-11-9-22(10-12-23)16-6-4-15(20)5-7-16/h2-8,13H,9-12H2,1H3. The van der Waals surface area contributed by atoms with Crippen molar-refractivity contribution >= 4 is 17.2 Å². The van der Waals surface area contributed by atoms with Gasteiger partial charge in [0.2, 0.25) is 0 Å². The number of rotatable bonds is 2. The molecule has 4 rings (SSSR count). The summed E-state index contributed by atoms with van der Waals surface area (Å²) in [5.74, 6) is -0.226. The van der Waals surface area contributed by atoms with Gasteiger partial charge in [-0.3, -0.25) is 4.79 Å². The topological polar surface area (TPSA) is 40.9 Å². The summed E-state index contributed by atoms with van der Waals surface area (Å²) in [4.78, 5) is 21.4. The van der Waals surface area contributed by atoms with E-state index < -0.39 is 0 Å². The number of hydrogen-bond donors (Lipinski definition) is 0. The Hall–Kier alpha value is -2.89. The number of halogens is 1. The molecule has 6 heteroatoms. The maximum absolute atomic E-state index is 13.1. The van der Waals surface area contributed by atoms with E-state index in [2.05, 4.69) is 9.88 Å². The molecule has 1 amide bonds. The van der Waals surface area contributed by atoms with Crippen molar-refractivity contribution in [3.05, 3.63) is 65.9 Å². The van der Waals surface area contributed by atoms with Gasteiger partial charge in [0, 0.05) is 44.3 Å². The predicted octanol–water partition coefficient (Wildman–Crippen LogP) is 2.74. The van der Waals surface area contributed by atoms with Gasteiger partial charge in [0.25, 0.3) is 5.91 Å². The van der Waals surface area contributed by atoms with E-state index in [1.165, 1.54) is 12.1 Å². The first-order valence-corrected chi connectivity index (χ1v) is 8.36. The van der Waals surface area contributed by atoms with Crippen LogP contribution in [0.15, 0.2) is 48.8 Å². The van der Waals surface area contributed by atoms with Crippen molar-refractivity contribution < 1.29 is 9.18 Å². The number of amides is 1. The fourth-order valence-electron chi connectivity index (χ4n) is 3.29. The zero-order chi connectivity index (χ0) is 17.4. The lowest BCUT2D eigenvalue weighted by atomic mass is 10.2. The number of imidazole rings is 1. The molecule has 0 radical (unpaired) electrons. The molecule has 0 unspecified atom stereocenters. The lowest BCUT2D eigenvalue weighted by Crippen LogP contribution is -2.48. The quantitative estimate of drug-likeness (QED) is 0.721. The Morgan fingerprint density at radius 3 is 2.52 bits per heavy atom. The molecule has 1 aromatic carbocycles. The third-order valence-electron chi connectivity index (χ3n) is 4.59. The second-order valence-corrected chi connectivity index (χ2v) is 6.29. The van der Waals surface area contributed by atoms with Crippen LogP contribution in [0.2, 0.25) is 0 Å². The zero-order valence-electron chi connectivity index (χ0n) is 14.0. The number of anilines is 1. The van der Waals surface area contributed by atoms with Crippen molar-refractivity contribution in [2.45, 2.75) is 6.92 Å². The van der Waals surface area contributed by atoms with E-state index >= 15 is 0 Å². The van der Waals surface area contributed by atoms with Gasteiger partial charge >= 0.3 is 0 Å². The summed E-state index contributed by atoms with van der Waals surface area (Å²) >= 11 is 0. The van der Waals surface area contributed by atoms with Gasteiger partial charge in [0.15, 0.2) is 0 Å². The molecule has 1 saturated heterocycles. The predicted molar refractivity (Wildman–Crippen MR) is 94.4 cm³/mol. The van der Waals surface area contributed by atoms with Gasteiger partial charge in [0.1, 0.15) is 11.5 Å². The fraction of sp³-hybridized carbons (Fsp3) is 0.263. The van der Waals surface area contributed by atoms with Crippen LogP contribution in [-0.2, 0) is 0 Å². The van der Waals surface area contributed by atoms with Crippen molar-refractivity contribution in [3.63, 3.8) is 0 Å². The van der Waals surface area contributed by atoms with E-state index in [9.17, 15) is 9.18 Å². The summed E-state index contributed by atoms with van der Waals surface area (Å²) in [7, 11) is 0. The maximum atomic E-state index is 13.1. The average Bonchev–Trinajstić information content (AvgIpc) is 3.02. The molecule has 0 bridgehead atoms. The van der Waals surface area contributed by atoms with Crippen LogP contribution < -0.4 is 4.90 Å². The van der Waals surface area contributed by atoms with Gasteiger partial charge in [-0.05, 0) is 43.3 Å². The minimum Gasteiger partial charge on any atom is -0.368 e. The van der Waals surface area contributed by atoms with Crippen molar-refractivity contribution in [3.8, 4) is 0 Å². The molecule has 0 saturated carbocycles. The van der Waals surface area contributed by atoms with Crippen LogP contribution in [0.3, 0.4) is 0 Å². The first-order chi connectivity index (χ1) is 12.1. The smallest absolute Gasteiger partial charge is 0.257 e. The molecule has 0 spiro atoms. The molecule has 128 valence electrons. The molecule has 2 aromatic heterocycles. The van der Waals surface area contributed by atoms with Crippen LogP contribution in [0.1, 0.15) is 16.1 Å². The lowest BCUT2D eigenvalue weighted by molar-refractivity contribution is 0.0748. The Bertz CT molecular complexity index is 911. The number of carbonyl (C=O) groups excluding carboxylic acids is 1. The normalized spacial score (nSPS) is 15.0. The Labute approximate surface area is 145 Å². The van der Waals surface area contributed by atoms with Crippen molar-refractivity contribution in [2.75, 3.05) is 31.1 Å². The molecular formula is C19H19FN4O. The number of nitrogens with zero attached hydrogens (tertiary/aromatic N) is 4. The largest absolute Gasteiger partial charge is 0.368 e. The molecule has 25 heavy (non-hydrogen) atoms. The van der Waals surface area contributed by atoms with Crippen LogP contribution in [0.4, 0.5) is 10.1 Å². The van der Waals surface area contributed by atoms with Crippen LogP contribution >= 0.6 is 0 Å². The molecule has 1 aliphatic rings. The van der Waals surface area contributed by atoms with Gasteiger partial charge in [0.05, 0.1) is 11.3 Å². The van der Waals surface area contributed by atoms with E-state index in [0.29, 0.717) is 24.3 Å². The number of benzene rings is 1. The van der Waals surface area contributed by atoms with Gasteiger partial charge in [-0.1, -0.05) is 0 Å². The summed E-state index contributed by atoms with van der Waals surface area (Å²) in [6.07, 6.45) is 3.82. The van der Waals surface area contributed by atoms with Gasteiger partial charge in [-0.25, -0.2) is 9.37 Å². The first kappa shape index (κ1) is 15.6. The summed E-state index contributed by atoms with van der Waals surface area (Å²) < 4.78 is 14.9. The second kappa shape index (κ2) is 6.20. The third-order valence-corrected chi connectivity index (χ3v) is 4.59. The van der Waals surface area contributed by atoms with E-state index in [0.717, 1.165) is 24.5 Å². The van der Waals surface area contributed by atoms with Gasteiger partial charge in [-0.2, -0.15) is 0 Å². The molecule has 1 fully saturated rings. The second-order valence-electron chi connectivity index (χ2n) is 6.29. The highest BCUT2D eigenvalue weighted by atomic mass is 19.1. The van der Waals surface area contributed by atoms with Crippen molar-refractivity contribution in [1.82, 2.24) is 14.3 Å². The minimum atomic E-state index is -0.236. The van der Waals surface area contributed by atoms with E-state index in [1.54, 1.807) is 12.1 Å². The Kier molecular flexibility index (Phi) is 3.87. The number of piperazine rings is 1. The van der Waals surface area contributed by atoms with Crippen LogP contribution in [-0.4, -0.2) is 46.4 Å². The number of hydrogen-bond acceptors (Lipinski definition) is 3. The van der Waals surface area contributed by atoms with E-state index in [-0.39, 0.29) is 11.7 Å². The van der Waals surface area contributed by atoms with Crippen LogP contribution in [0, 0.1) is 12.7 Å². The van der Waals surface area contributed by atoms with E-state index in [1.807, 2.05) is 40.8 Å². The minimum absolute atomic E-state index is 0.00922. The Morgan fingerprint density at radius 1 is 1.08 bits per heavy atom. The average molecular weight is 338 g/mol. The Balaban J connectivity index is 1.50. The van der Waals surface area contributed by atoms with Gasteiger partial charge < -0.3 is 14.2 Å². The number of aryl methyl sites for hydroxylation is 1. The molecule has 0 N–H and O–H groups in total. The molecule has 1 aliphatic heterocycles. The third kappa shape index (κ3) is 2.95. The monoisotopic (exact) mass is 338 g/mol. The molecule has 3 heterocycles. The lowest BCUT2D eigenvalue weighted by Gasteiger charge is -2.36. The highest BCUT2D eigenvalue weighted by Crippen LogP contribution is 2.19. The summed E-state index contributed by atoms with van der Waals surface area (Å²) in [5, 5.41) is 0. The number of carbonyl (C=O) groups is 1. The molecule has 5 nitrogen and oxygen atoms in total. The highest BCUT2D eigenvalue weighted by molar-refractivity contribution is 6.00. The first-order valence-electron chi connectivity index (χ1n) is 8.36. The van der Waals surface area contributed by atoms with Crippen molar-refractivity contribution in [2.24, 2.45) is 0 Å². The molecule has 0 aliphatic carbocycles. The van der Waals surface area contributed by atoms with E-state index in [4.69, 9.17) is 0 Å². The molecule has 3 aromatic rings. The number of pyridine rings is 1. The fourth-order valence-corrected chi connectivity index (χ4v) is 3.29. The number of aromatic nitrogens is 2. The molecular weight excluding hydrogens is 319 g/mol. The summed E-state index contributed by atoms with van der Waals surface area (Å²) in [6.45, 7) is 4.65. The Morgan fingerprint density at radius 2 is 1.80 bits per heavy atom. The SMILES string of the molecule is Cc1cn2cccc(C(=O)N3CCN(c4ccc(F)cc4)CC3)c2n1. The highest BCUT2D eigenvalue weighted by Gasteiger charge is 2.24. The van der Waals surface area contributed by atoms with Gasteiger partial charge in [-0.15, -0.1) is 0 Å². The summed E-state index contributed by atoms with van der Waals surface area (Å²) in [6, 6.07) is 10.2. The van der Waals surface area contributed by atoms with Crippen LogP contribution in [0.5, 0.6) is 0 Å². The number of fused-ring (bicyclic) bond motifs is 1. The maximum Gasteiger partial charge on any atom is 0.257 e. The van der Waals surface area contributed by atoms with Crippen molar-refractivity contribution in [1.29, 1.82) is 0 Å². The summed E-state index contributed by atoms with van der Waals surface area (Å²) in [5.41, 5.74) is 3.21.